The number of carbonyl (C=O) groups excluding carboxylic acids is 1. The summed E-state index contributed by atoms with van der Waals surface area (Å²) in [6.07, 6.45) is 1.05. The maximum Gasteiger partial charge on any atom is 0.256 e. The lowest BCUT2D eigenvalue weighted by molar-refractivity contribution is -0.116. The number of carbonyl (C=O) groups is 1. The maximum atomic E-state index is 12.4. The quantitative estimate of drug-likeness (QED) is 0.717. The van der Waals surface area contributed by atoms with Crippen molar-refractivity contribution in [1.82, 2.24) is 9.97 Å². The standard InChI is InChI=1S/C22H21N3O3/c1-14-23-21-20(22(27)24-14)18(13-19(26)25-21)16-7-9-17(10-8-16)28-12-11-15-5-3-2-4-6-15/h2-10,18H,11-13H2,1H3,(H2,23,24,25,26,27). The number of hydrogen-bond acceptors (Lipinski definition) is 4. The number of H-pyrrole nitrogens is 1. The zero-order valence-corrected chi connectivity index (χ0v) is 15.6. The molecule has 1 amide bonds. The molecule has 1 atom stereocenters. The van der Waals surface area contributed by atoms with E-state index in [0.29, 0.717) is 23.8 Å². The number of fused-ring (bicyclic) bond motifs is 1. The third-order valence-corrected chi connectivity index (χ3v) is 4.85. The average Bonchev–Trinajstić information content (AvgIpc) is 2.68. The predicted octanol–water partition coefficient (Wildman–Crippen LogP) is 3.17. The van der Waals surface area contributed by atoms with E-state index in [1.54, 1.807) is 6.92 Å². The zero-order valence-electron chi connectivity index (χ0n) is 15.6. The fourth-order valence-corrected chi connectivity index (χ4v) is 3.50. The van der Waals surface area contributed by atoms with Crippen LogP contribution >= 0.6 is 0 Å². The van der Waals surface area contributed by atoms with Gasteiger partial charge in [0.2, 0.25) is 5.91 Å². The molecule has 0 aliphatic carbocycles. The van der Waals surface area contributed by atoms with E-state index >= 15 is 0 Å². The largest absolute Gasteiger partial charge is 0.493 e. The number of anilines is 1. The molecule has 1 aliphatic heterocycles. The Morgan fingerprint density at radius 1 is 1.07 bits per heavy atom. The normalized spacial score (nSPS) is 15.6. The lowest BCUT2D eigenvalue weighted by Gasteiger charge is -2.24. The molecule has 1 aromatic heterocycles. The molecule has 28 heavy (non-hydrogen) atoms. The van der Waals surface area contributed by atoms with Crippen LogP contribution in [0, 0.1) is 6.92 Å². The fourth-order valence-electron chi connectivity index (χ4n) is 3.50. The van der Waals surface area contributed by atoms with E-state index in [4.69, 9.17) is 4.74 Å². The Morgan fingerprint density at radius 3 is 2.57 bits per heavy atom. The minimum Gasteiger partial charge on any atom is -0.493 e. The molecule has 3 aromatic rings. The third-order valence-electron chi connectivity index (χ3n) is 4.85. The predicted molar refractivity (Wildman–Crippen MR) is 107 cm³/mol. The number of aromatic amines is 1. The van der Waals surface area contributed by atoms with E-state index < -0.39 is 0 Å². The summed E-state index contributed by atoms with van der Waals surface area (Å²) < 4.78 is 5.82. The van der Waals surface area contributed by atoms with E-state index in [9.17, 15) is 9.59 Å². The number of hydrogen-bond donors (Lipinski definition) is 2. The smallest absolute Gasteiger partial charge is 0.256 e. The second-order valence-corrected chi connectivity index (χ2v) is 6.87. The number of nitrogens with one attached hydrogen (secondary N) is 2. The minimum absolute atomic E-state index is 0.141. The molecule has 1 unspecified atom stereocenters. The van der Waals surface area contributed by atoms with Crippen molar-refractivity contribution in [2.45, 2.75) is 25.7 Å². The lowest BCUT2D eigenvalue weighted by Crippen LogP contribution is -2.31. The van der Waals surface area contributed by atoms with Gasteiger partial charge < -0.3 is 15.0 Å². The summed E-state index contributed by atoms with van der Waals surface area (Å²) in [5.41, 5.74) is 2.41. The van der Waals surface area contributed by atoms with Crippen molar-refractivity contribution in [1.29, 1.82) is 0 Å². The molecule has 142 valence electrons. The molecule has 4 rings (SSSR count). The molecule has 6 heteroatoms. The van der Waals surface area contributed by atoms with Crippen molar-refractivity contribution in [3.63, 3.8) is 0 Å². The lowest BCUT2D eigenvalue weighted by atomic mass is 9.87. The van der Waals surface area contributed by atoms with Crippen molar-refractivity contribution in [3.8, 4) is 5.75 Å². The second-order valence-electron chi connectivity index (χ2n) is 6.87. The summed E-state index contributed by atoms with van der Waals surface area (Å²) in [5, 5.41) is 2.70. The number of amides is 1. The summed E-state index contributed by atoms with van der Waals surface area (Å²) in [4.78, 5) is 31.5. The summed E-state index contributed by atoms with van der Waals surface area (Å²) in [5.74, 6) is 1.13. The molecule has 2 aromatic carbocycles. The number of aryl methyl sites for hydroxylation is 1. The van der Waals surface area contributed by atoms with Crippen LogP contribution < -0.4 is 15.6 Å². The summed E-state index contributed by atoms with van der Waals surface area (Å²) >= 11 is 0. The molecule has 0 spiro atoms. The van der Waals surface area contributed by atoms with Crippen LogP contribution in [-0.2, 0) is 11.2 Å². The molecule has 0 radical (unpaired) electrons. The Kier molecular flexibility index (Phi) is 4.93. The van der Waals surface area contributed by atoms with Crippen molar-refractivity contribution < 1.29 is 9.53 Å². The molecule has 6 nitrogen and oxygen atoms in total. The van der Waals surface area contributed by atoms with Gasteiger partial charge in [-0.3, -0.25) is 9.59 Å². The average molecular weight is 375 g/mol. The summed E-state index contributed by atoms with van der Waals surface area (Å²) in [7, 11) is 0. The van der Waals surface area contributed by atoms with Crippen LogP contribution in [0.3, 0.4) is 0 Å². The van der Waals surface area contributed by atoms with Crippen molar-refractivity contribution in [3.05, 3.63) is 87.5 Å². The topological polar surface area (TPSA) is 84.1 Å². The molecule has 0 fully saturated rings. The Labute approximate surface area is 162 Å². The van der Waals surface area contributed by atoms with Crippen LogP contribution in [-0.4, -0.2) is 22.5 Å². The van der Waals surface area contributed by atoms with Crippen LogP contribution in [0.4, 0.5) is 5.82 Å². The Bertz CT molecular complexity index is 1040. The van der Waals surface area contributed by atoms with Gasteiger partial charge in [0.1, 0.15) is 17.4 Å². The van der Waals surface area contributed by atoms with Gasteiger partial charge in [0.25, 0.3) is 5.56 Å². The van der Waals surface area contributed by atoms with Crippen LogP contribution in [0.25, 0.3) is 0 Å². The second kappa shape index (κ2) is 7.68. The van der Waals surface area contributed by atoms with Crippen LogP contribution in [0.1, 0.15) is 34.9 Å². The van der Waals surface area contributed by atoms with Crippen LogP contribution in [0.15, 0.2) is 59.4 Å². The van der Waals surface area contributed by atoms with Crippen LogP contribution in [0.5, 0.6) is 5.75 Å². The minimum atomic E-state index is -0.320. The summed E-state index contributed by atoms with van der Waals surface area (Å²) in [6.45, 7) is 2.28. The third kappa shape index (κ3) is 3.81. The van der Waals surface area contributed by atoms with E-state index in [2.05, 4.69) is 27.4 Å². The first kappa shape index (κ1) is 18.0. The number of aromatic nitrogens is 2. The first-order valence-electron chi connectivity index (χ1n) is 9.27. The van der Waals surface area contributed by atoms with Gasteiger partial charge in [0, 0.05) is 18.8 Å². The number of ether oxygens (including phenoxy) is 1. The molecule has 2 heterocycles. The van der Waals surface area contributed by atoms with Gasteiger partial charge in [-0.05, 0) is 30.2 Å². The van der Waals surface area contributed by atoms with Gasteiger partial charge in [0.15, 0.2) is 0 Å². The van der Waals surface area contributed by atoms with Gasteiger partial charge in [-0.1, -0.05) is 42.5 Å². The molecular weight excluding hydrogens is 354 g/mol. The molecular formula is C22H21N3O3. The molecule has 0 saturated carbocycles. The van der Waals surface area contributed by atoms with Crippen LogP contribution in [0.2, 0.25) is 0 Å². The van der Waals surface area contributed by atoms with Crippen molar-refractivity contribution >= 4 is 11.7 Å². The molecule has 2 N–H and O–H groups in total. The first-order valence-corrected chi connectivity index (χ1v) is 9.27. The number of benzene rings is 2. The van der Waals surface area contributed by atoms with Crippen molar-refractivity contribution in [2.24, 2.45) is 0 Å². The van der Waals surface area contributed by atoms with E-state index in [1.165, 1.54) is 5.56 Å². The number of nitrogens with zero attached hydrogens (tertiary/aromatic N) is 1. The summed E-state index contributed by atoms with van der Waals surface area (Å²) in [6, 6.07) is 17.7. The fraction of sp³-hybridized carbons (Fsp3) is 0.227. The SMILES string of the molecule is Cc1nc2c(c(=O)[nH]1)C(c1ccc(OCCc3ccccc3)cc1)CC(=O)N2. The van der Waals surface area contributed by atoms with Gasteiger partial charge in [-0.2, -0.15) is 0 Å². The van der Waals surface area contributed by atoms with Gasteiger partial charge in [0.05, 0.1) is 12.2 Å². The molecule has 1 aliphatic rings. The number of rotatable bonds is 5. The first-order chi connectivity index (χ1) is 13.6. The molecule has 0 saturated heterocycles. The van der Waals surface area contributed by atoms with Gasteiger partial charge in [-0.15, -0.1) is 0 Å². The highest BCUT2D eigenvalue weighted by Crippen LogP contribution is 2.34. The Morgan fingerprint density at radius 2 is 1.82 bits per heavy atom. The van der Waals surface area contributed by atoms with Gasteiger partial charge in [-0.25, -0.2) is 4.98 Å². The van der Waals surface area contributed by atoms with E-state index in [0.717, 1.165) is 17.7 Å². The van der Waals surface area contributed by atoms with Crippen molar-refractivity contribution in [2.75, 3.05) is 11.9 Å². The Balaban J connectivity index is 1.50. The highest BCUT2D eigenvalue weighted by atomic mass is 16.5. The Hall–Kier alpha value is -3.41. The highest BCUT2D eigenvalue weighted by molar-refractivity contribution is 5.94. The zero-order chi connectivity index (χ0) is 19.5. The van der Waals surface area contributed by atoms with Gasteiger partial charge >= 0.3 is 0 Å². The molecule has 0 bridgehead atoms. The maximum absolute atomic E-state index is 12.4. The van der Waals surface area contributed by atoms with E-state index in [1.807, 2.05) is 42.5 Å². The highest BCUT2D eigenvalue weighted by Gasteiger charge is 2.30. The van der Waals surface area contributed by atoms with E-state index in [-0.39, 0.29) is 23.8 Å². The monoisotopic (exact) mass is 375 g/mol.